The number of hydrogen-bond acceptors (Lipinski definition) is 2. The number of nitrogens with zero attached hydrogens (tertiary/aromatic N) is 1. The maximum atomic E-state index is 4.65. The smallest absolute Gasteiger partial charge is 0.134 e. The molecular formula is C19H17N3. The summed E-state index contributed by atoms with van der Waals surface area (Å²) in [5.41, 5.74) is 3.35. The van der Waals surface area contributed by atoms with Crippen molar-refractivity contribution in [3.05, 3.63) is 72.1 Å². The molecule has 0 spiro atoms. The Bertz CT molecular complexity index is 920. The quantitative estimate of drug-likeness (QED) is 0.576. The lowest BCUT2D eigenvalue weighted by Crippen LogP contribution is -2.03. The first kappa shape index (κ1) is 12.9. The summed E-state index contributed by atoms with van der Waals surface area (Å²) in [5, 5.41) is 7.07. The molecule has 4 rings (SSSR count). The van der Waals surface area contributed by atoms with E-state index in [2.05, 4.69) is 63.8 Å². The number of aryl methyl sites for hydroxylation is 1. The Hall–Kier alpha value is -2.81. The van der Waals surface area contributed by atoms with E-state index in [1.54, 1.807) is 0 Å². The number of aromatic amines is 1. The van der Waals surface area contributed by atoms with E-state index in [0.717, 1.165) is 29.1 Å². The van der Waals surface area contributed by atoms with Gasteiger partial charge >= 0.3 is 0 Å². The highest BCUT2D eigenvalue weighted by molar-refractivity contribution is 5.92. The van der Waals surface area contributed by atoms with Crippen LogP contribution < -0.4 is 5.32 Å². The van der Waals surface area contributed by atoms with Gasteiger partial charge in [-0.1, -0.05) is 42.5 Å². The molecule has 4 aromatic rings. The Morgan fingerprint density at radius 3 is 2.59 bits per heavy atom. The minimum Gasteiger partial charge on any atom is -0.364 e. The van der Waals surface area contributed by atoms with E-state index in [1.165, 1.54) is 16.3 Å². The van der Waals surface area contributed by atoms with Gasteiger partial charge in [0.2, 0.25) is 0 Å². The lowest BCUT2D eigenvalue weighted by molar-refractivity contribution is 1.06. The average molecular weight is 287 g/mol. The normalized spacial score (nSPS) is 11.1. The van der Waals surface area contributed by atoms with Gasteiger partial charge in [0.1, 0.15) is 5.82 Å². The molecule has 2 heterocycles. The molecule has 108 valence electrons. The molecule has 2 N–H and O–H groups in total. The fraction of sp³-hybridized carbons (Fsp3) is 0.105. The van der Waals surface area contributed by atoms with Gasteiger partial charge in [-0.2, -0.15) is 0 Å². The third-order valence-electron chi connectivity index (χ3n) is 3.90. The number of para-hydroxylation sites is 1. The van der Waals surface area contributed by atoms with Crippen LogP contribution >= 0.6 is 0 Å². The predicted molar refractivity (Wildman–Crippen MR) is 92.1 cm³/mol. The SMILES string of the molecule is Cc1cc2ccccc2c(NCc2cc3ccccc3[nH]2)n1. The number of rotatable bonds is 3. The van der Waals surface area contributed by atoms with E-state index in [4.69, 9.17) is 0 Å². The van der Waals surface area contributed by atoms with Gasteiger partial charge < -0.3 is 10.3 Å². The first-order valence-electron chi connectivity index (χ1n) is 7.46. The fourth-order valence-corrected chi connectivity index (χ4v) is 2.87. The first-order valence-corrected chi connectivity index (χ1v) is 7.46. The standard InChI is InChI=1S/C19H17N3/c1-13-10-14-6-2-4-8-17(14)19(21-13)20-12-16-11-15-7-3-5-9-18(15)22-16/h2-11,22H,12H2,1H3,(H,20,21). The van der Waals surface area contributed by atoms with Gasteiger partial charge in [-0.15, -0.1) is 0 Å². The maximum absolute atomic E-state index is 4.65. The van der Waals surface area contributed by atoms with E-state index in [0.29, 0.717) is 0 Å². The minimum atomic E-state index is 0.731. The molecule has 0 unspecified atom stereocenters. The number of aromatic nitrogens is 2. The maximum Gasteiger partial charge on any atom is 0.134 e. The third-order valence-corrected chi connectivity index (χ3v) is 3.90. The van der Waals surface area contributed by atoms with Gasteiger partial charge in [0.25, 0.3) is 0 Å². The lowest BCUT2D eigenvalue weighted by atomic mass is 10.1. The molecule has 3 nitrogen and oxygen atoms in total. The summed E-state index contributed by atoms with van der Waals surface area (Å²) in [5.74, 6) is 0.939. The van der Waals surface area contributed by atoms with E-state index in [-0.39, 0.29) is 0 Å². The molecule has 22 heavy (non-hydrogen) atoms. The molecule has 0 aliphatic rings. The number of fused-ring (bicyclic) bond motifs is 2. The Morgan fingerprint density at radius 1 is 0.955 bits per heavy atom. The number of anilines is 1. The lowest BCUT2D eigenvalue weighted by Gasteiger charge is -2.09. The fourth-order valence-electron chi connectivity index (χ4n) is 2.87. The molecule has 2 aromatic heterocycles. The highest BCUT2D eigenvalue weighted by atomic mass is 15.0. The van der Waals surface area contributed by atoms with Gasteiger partial charge in [-0.25, -0.2) is 4.98 Å². The second-order valence-corrected chi connectivity index (χ2v) is 5.57. The van der Waals surface area contributed by atoms with E-state index in [9.17, 15) is 0 Å². The van der Waals surface area contributed by atoms with Gasteiger partial charge in [0.15, 0.2) is 0 Å². The molecule has 0 saturated heterocycles. The Balaban J connectivity index is 1.66. The molecule has 2 aromatic carbocycles. The van der Waals surface area contributed by atoms with Crippen LogP contribution in [0.25, 0.3) is 21.7 Å². The van der Waals surface area contributed by atoms with Crippen molar-refractivity contribution in [3.8, 4) is 0 Å². The average Bonchev–Trinajstić information content (AvgIpc) is 2.95. The van der Waals surface area contributed by atoms with Crippen LogP contribution in [0.2, 0.25) is 0 Å². The zero-order valence-corrected chi connectivity index (χ0v) is 12.4. The summed E-state index contributed by atoms with van der Waals surface area (Å²) in [6.07, 6.45) is 0. The van der Waals surface area contributed by atoms with Crippen LogP contribution in [0.15, 0.2) is 60.7 Å². The molecule has 0 saturated carbocycles. The second-order valence-electron chi connectivity index (χ2n) is 5.57. The number of benzene rings is 2. The van der Waals surface area contributed by atoms with Crippen molar-refractivity contribution in [2.75, 3.05) is 5.32 Å². The van der Waals surface area contributed by atoms with Crippen molar-refractivity contribution >= 4 is 27.5 Å². The number of H-pyrrole nitrogens is 1. The van der Waals surface area contributed by atoms with E-state index >= 15 is 0 Å². The molecule has 0 aliphatic heterocycles. The highest BCUT2D eigenvalue weighted by Gasteiger charge is 2.05. The predicted octanol–water partition coefficient (Wildman–Crippen LogP) is 4.64. The largest absolute Gasteiger partial charge is 0.364 e. The summed E-state index contributed by atoms with van der Waals surface area (Å²) in [7, 11) is 0. The van der Waals surface area contributed by atoms with E-state index in [1.807, 2.05) is 19.1 Å². The summed E-state index contributed by atoms with van der Waals surface area (Å²) >= 11 is 0. The topological polar surface area (TPSA) is 40.7 Å². The molecule has 0 amide bonds. The van der Waals surface area contributed by atoms with Gasteiger partial charge in [0.05, 0.1) is 6.54 Å². The molecule has 0 radical (unpaired) electrons. The molecule has 3 heteroatoms. The van der Waals surface area contributed by atoms with Crippen molar-refractivity contribution in [3.63, 3.8) is 0 Å². The molecule has 0 bridgehead atoms. The molecule has 0 atom stereocenters. The number of hydrogen-bond donors (Lipinski definition) is 2. The van der Waals surface area contributed by atoms with Crippen molar-refractivity contribution in [1.82, 2.24) is 9.97 Å². The second kappa shape index (κ2) is 5.19. The van der Waals surface area contributed by atoms with Crippen molar-refractivity contribution < 1.29 is 0 Å². The third kappa shape index (κ3) is 2.31. The Labute approximate surface area is 129 Å². The van der Waals surface area contributed by atoms with Crippen LogP contribution in [0.1, 0.15) is 11.4 Å². The summed E-state index contributed by atoms with van der Waals surface area (Å²) < 4.78 is 0. The zero-order valence-electron chi connectivity index (χ0n) is 12.4. The Morgan fingerprint density at radius 2 is 1.73 bits per heavy atom. The van der Waals surface area contributed by atoms with Crippen molar-refractivity contribution in [2.45, 2.75) is 13.5 Å². The highest BCUT2D eigenvalue weighted by Crippen LogP contribution is 2.23. The molecule has 0 aliphatic carbocycles. The zero-order chi connectivity index (χ0) is 14.9. The van der Waals surface area contributed by atoms with Crippen LogP contribution in [-0.2, 0) is 6.54 Å². The summed E-state index contributed by atoms with van der Waals surface area (Å²) in [4.78, 5) is 8.08. The van der Waals surface area contributed by atoms with Crippen molar-refractivity contribution in [1.29, 1.82) is 0 Å². The van der Waals surface area contributed by atoms with Crippen LogP contribution in [0, 0.1) is 6.92 Å². The van der Waals surface area contributed by atoms with Gasteiger partial charge in [0, 0.05) is 22.3 Å². The van der Waals surface area contributed by atoms with Crippen LogP contribution in [0.5, 0.6) is 0 Å². The van der Waals surface area contributed by atoms with Crippen LogP contribution in [0.4, 0.5) is 5.82 Å². The van der Waals surface area contributed by atoms with E-state index < -0.39 is 0 Å². The van der Waals surface area contributed by atoms with Gasteiger partial charge in [-0.3, -0.25) is 0 Å². The van der Waals surface area contributed by atoms with Crippen LogP contribution in [-0.4, -0.2) is 9.97 Å². The molecular weight excluding hydrogens is 270 g/mol. The number of nitrogens with one attached hydrogen (secondary N) is 2. The monoisotopic (exact) mass is 287 g/mol. The summed E-state index contributed by atoms with van der Waals surface area (Å²) in [6.45, 7) is 2.76. The minimum absolute atomic E-state index is 0.731. The molecule has 0 fully saturated rings. The van der Waals surface area contributed by atoms with Crippen molar-refractivity contribution in [2.24, 2.45) is 0 Å². The number of pyridine rings is 1. The first-order chi connectivity index (χ1) is 10.8. The van der Waals surface area contributed by atoms with Gasteiger partial charge in [-0.05, 0) is 35.9 Å². The van der Waals surface area contributed by atoms with Crippen LogP contribution in [0.3, 0.4) is 0 Å². The Kier molecular flexibility index (Phi) is 3.04. The summed E-state index contributed by atoms with van der Waals surface area (Å²) in [6, 6.07) is 21.0.